The van der Waals surface area contributed by atoms with E-state index in [1.807, 2.05) is 18.7 Å². The summed E-state index contributed by atoms with van der Waals surface area (Å²) in [6.45, 7) is 6.45. The van der Waals surface area contributed by atoms with Crippen LogP contribution in [0, 0.1) is 17.2 Å². The van der Waals surface area contributed by atoms with E-state index in [9.17, 15) is 4.79 Å². The van der Waals surface area contributed by atoms with Crippen molar-refractivity contribution in [1.82, 2.24) is 4.90 Å². The first kappa shape index (κ1) is 16.1. The van der Waals surface area contributed by atoms with Gasteiger partial charge in [0.2, 0.25) is 5.91 Å². The topological polar surface area (TPSA) is 74.6 Å². The van der Waals surface area contributed by atoms with Crippen molar-refractivity contribution in [3.05, 3.63) is 18.2 Å². The number of hydrogen-bond donors (Lipinski definition) is 1. The smallest absolute Gasteiger partial charge is 0.238 e. The fourth-order valence-electron chi connectivity index (χ4n) is 2.26. The number of anilines is 1. The summed E-state index contributed by atoms with van der Waals surface area (Å²) in [6, 6.07) is 7.53. The third kappa shape index (κ3) is 4.37. The van der Waals surface area contributed by atoms with E-state index >= 15 is 0 Å². The highest BCUT2D eigenvalue weighted by Gasteiger charge is 2.15. The molecule has 1 aliphatic heterocycles. The van der Waals surface area contributed by atoms with E-state index in [1.165, 1.54) is 0 Å². The SMILES string of the molecule is CCN(CC(=O)Nc1ccc2c(c1)OCCO2)CC(C)C#N. The fraction of sp³-hybridized carbons (Fsp3) is 0.500. The maximum absolute atomic E-state index is 12.1. The predicted octanol–water partition coefficient (Wildman–Crippen LogP) is 1.88. The lowest BCUT2D eigenvalue weighted by Crippen LogP contribution is -2.35. The highest BCUT2D eigenvalue weighted by Crippen LogP contribution is 2.32. The largest absolute Gasteiger partial charge is 0.486 e. The average molecular weight is 303 g/mol. The quantitative estimate of drug-likeness (QED) is 0.868. The molecule has 118 valence electrons. The zero-order valence-electron chi connectivity index (χ0n) is 13.0. The summed E-state index contributed by atoms with van der Waals surface area (Å²) >= 11 is 0. The summed E-state index contributed by atoms with van der Waals surface area (Å²) in [6.07, 6.45) is 0. The second kappa shape index (κ2) is 7.66. The molecule has 1 heterocycles. The van der Waals surface area contributed by atoms with Crippen LogP contribution in [-0.4, -0.2) is 43.7 Å². The second-order valence-corrected chi connectivity index (χ2v) is 5.26. The highest BCUT2D eigenvalue weighted by molar-refractivity contribution is 5.92. The summed E-state index contributed by atoms with van der Waals surface area (Å²) in [5.74, 6) is 1.14. The Kier molecular flexibility index (Phi) is 5.61. The monoisotopic (exact) mass is 303 g/mol. The summed E-state index contributed by atoms with van der Waals surface area (Å²) in [4.78, 5) is 14.1. The first-order valence-corrected chi connectivity index (χ1v) is 7.43. The van der Waals surface area contributed by atoms with Gasteiger partial charge >= 0.3 is 0 Å². The van der Waals surface area contributed by atoms with Crippen LogP contribution in [0.2, 0.25) is 0 Å². The number of carbonyl (C=O) groups excluding carboxylic acids is 1. The molecule has 2 rings (SSSR count). The van der Waals surface area contributed by atoms with Crippen LogP contribution in [0.15, 0.2) is 18.2 Å². The number of benzene rings is 1. The number of ether oxygens (including phenoxy) is 2. The van der Waals surface area contributed by atoms with E-state index in [0.29, 0.717) is 36.9 Å². The molecule has 1 aromatic rings. The van der Waals surface area contributed by atoms with Crippen LogP contribution in [0.4, 0.5) is 5.69 Å². The van der Waals surface area contributed by atoms with E-state index in [-0.39, 0.29) is 18.4 Å². The van der Waals surface area contributed by atoms with Crippen molar-refractivity contribution in [1.29, 1.82) is 5.26 Å². The molecule has 1 amide bonds. The van der Waals surface area contributed by atoms with E-state index in [4.69, 9.17) is 14.7 Å². The molecule has 1 aliphatic rings. The number of rotatable bonds is 6. The number of amides is 1. The molecular formula is C16H21N3O3. The predicted molar refractivity (Wildman–Crippen MR) is 83.0 cm³/mol. The molecule has 0 fully saturated rings. The van der Waals surface area contributed by atoms with Crippen LogP contribution in [0.1, 0.15) is 13.8 Å². The van der Waals surface area contributed by atoms with Crippen LogP contribution >= 0.6 is 0 Å². The minimum Gasteiger partial charge on any atom is -0.486 e. The maximum atomic E-state index is 12.1. The molecule has 0 bridgehead atoms. The normalized spacial score (nSPS) is 14.3. The van der Waals surface area contributed by atoms with Crippen LogP contribution in [0.25, 0.3) is 0 Å². The lowest BCUT2D eigenvalue weighted by molar-refractivity contribution is -0.117. The molecule has 0 aliphatic carbocycles. The Bertz CT molecular complexity index is 568. The van der Waals surface area contributed by atoms with Gasteiger partial charge in [-0.2, -0.15) is 5.26 Å². The van der Waals surface area contributed by atoms with E-state index < -0.39 is 0 Å². The molecule has 22 heavy (non-hydrogen) atoms. The van der Waals surface area contributed by atoms with Gasteiger partial charge in [0.15, 0.2) is 11.5 Å². The molecule has 0 spiro atoms. The zero-order chi connectivity index (χ0) is 15.9. The number of nitrogens with zero attached hydrogens (tertiary/aromatic N) is 2. The Morgan fingerprint density at radius 3 is 2.82 bits per heavy atom. The molecular weight excluding hydrogens is 282 g/mol. The van der Waals surface area contributed by atoms with Gasteiger partial charge in [-0.15, -0.1) is 0 Å². The molecule has 6 nitrogen and oxygen atoms in total. The number of hydrogen-bond acceptors (Lipinski definition) is 5. The van der Waals surface area contributed by atoms with Gasteiger partial charge in [-0.3, -0.25) is 9.69 Å². The Morgan fingerprint density at radius 1 is 1.41 bits per heavy atom. The van der Waals surface area contributed by atoms with E-state index in [2.05, 4.69) is 11.4 Å². The molecule has 0 saturated heterocycles. The average Bonchev–Trinajstić information content (AvgIpc) is 2.53. The van der Waals surface area contributed by atoms with Gasteiger partial charge in [-0.25, -0.2) is 0 Å². The van der Waals surface area contributed by atoms with Crippen LogP contribution in [0.5, 0.6) is 11.5 Å². The summed E-state index contributed by atoms with van der Waals surface area (Å²) < 4.78 is 10.9. The van der Waals surface area contributed by atoms with Crippen molar-refractivity contribution < 1.29 is 14.3 Å². The standard InChI is InChI=1S/C16H21N3O3/c1-3-19(10-12(2)9-17)11-16(20)18-13-4-5-14-15(8-13)22-7-6-21-14/h4-5,8,12H,3,6-7,10-11H2,1-2H3,(H,18,20). The summed E-state index contributed by atoms with van der Waals surface area (Å²) in [5.41, 5.74) is 0.679. The van der Waals surface area contributed by atoms with Crippen LogP contribution < -0.4 is 14.8 Å². The number of fused-ring (bicyclic) bond motifs is 1. The Morgan fingerprint density at radius 2 is 2.14 bits per heavy atom. The first-order valence-electron chi connectivity index (χ1n) is 7.43. The fourth-order valence-corrected chi connectivity index (χ4v) is 2.26. The van der Waals surface area contributed by atoms with Gasteiger partial charge in [0.05, 0.1) is 18.5 Å². The maximum Gasteiger partial charge on any atom is 0.238 e. The van der Waals surface area contributed by atoms with E-state index in [1.54, 1.807) is 18.2 Å². The van der Waals surface area contributed by atoms with Gasteiger partial charge in [-0.1, -0.05) is 6.92 Å². The number of carbonyl (C=O) groups is 1. The lowest BCUT2D eigenvalue weighted by atomic mass is 10.2. The van der Waals surface area contributed by atoms with Gasteiger partial charge in [0, 0.05) is 18.3 Å². The van der Waals surface area contributed by atoms with Crippen LogP contribution in [0.3, 0.4) is 0 Å². The first-order chi connectivity index (χ1) is 10.6. The van der Waals surface area contributed by atoms with Crippen molar-refractivity contribution in [3.63, 3.8) is 0 Å². The Balaban J connectivity index is 1.92. The second-order valence-electron chi connectivity index (χ2n) is 5.26. The van der Waals surface area contributed by atoms with Crippen molar-refractivity contribution in [3.8, 4) is 17.6 Å². The van der Waals surface area contributed by atoms with E-state index in [0.717, 1.165) is 6.54 Å². The lowest BCUT2D eigenvalue weighted by Gasteiger charge is -2.21. The van der Waals surface area contributed by atoms with Crippen molar-refractivity contribution >= 4 is 11.6 Å². The summed E-state index contributed by atoms with van der Waals surface area (Å²) in [5, 5.41) is 11.7. The van der Waals surface area contributed by atoms with Gasteiger partial charge in [-0.05, 0) is 25.6 Å². The van der Waals surface area contributed by atoms with Gasteiger partial charge < -0.3 is 14.8 Å². The Labute approximate surface area is 130 Å². The van der Waals surface area contributed by atoms with Crippen LogP contribution in [-0.2, 0) is 4.79 Å². The number of nitrogens with one attached hydrogen (secondary N) is 1. The molecule has 0 saturated carbocycles. The highest BCUT2D eigenvalue weighted by atomic mass is 16.6. The number of nitriles is 1. The minimum atomic E-state index is -0.108. The third-order valence-electron chi connectivity index (χ3n) is 3.39. The molecule has 1 aromatic carbocycles. The molecule has 1 N–H and O–H groups in total. The molecule has 0 aromatic heterocycles. The van der Waals surface area contributed by atoms with Gasteiger partial charge in [0.25, 0.3) is 0 Å². The minimum absolute atomic E-state index is 0.0953. The molecule has 1 atom stereocenters. The van der Waals surface area contributed by atoms with Crippen molar-refractivity contribution in [2.45, 2.75) is 13.8 Å². The van der Waals surface area contributed by atoms with Gasteiger partial charge in [0.1, 0.15) is 13.2 Å². The molecule has 0 radical (unpaired) electrons. The Hall–Kier alpha value is -2.26. The molecule has 6 heteroatoms. The zero-order valence-corrected chi connectivity index (χ0v) is 13.0. The molecule has 1 unspecified atom stereocenters. The van der Waals surface area contributed by atoms with Crippen molar-refractivity contribution in [2.75, 3.05) is 38.2 Å². The summed E-state index contributed by atoms with van der Waals surface area (Å²) in [7, 11) is 0. The number of likely N-dealkylation sites (N-methyl/N-ethyl adjacent to an activating group) is 1. The third-order valence-corrected chi connectivity index (χ3v) is 3.39. The van der Waals surface area contributed by atoms with Crippen molar-refractivity contribution in [2.24, 2.45) is 5.92 Å².